The highest BCUT2D eigenvalue weighted by molar-refractivity contribution is 5.76. The van der Waals surface area contributed by atoms with Gasteiger partial charge in [0, 0.05) is 45.1 Å². The molecule has 6 nitrogen and oxygen atoms in total. The van der Waals surface area contributed by atoms with Gasteiger partial charge in [0.2, 0.25) is 5.91 Å². The van der Waals surface area contributed by atoms with Gasteiger partial charge in [0.25, 0.3) is 0 Å². The van der Waals surface area contributed by atoms with Gasteiger partial charge < -0.3 is 14.2 Å². The monoisotopic (exact) mass is 372 g/mol. The van der Waals surface area contributed by atoms with E-state index in [1.807, 2.05) is 22.6 Å². The van der Waals surface area contributed by atoms with Crippen molar-refractivity contribution in [3.05, 3.63) is 29.9 Å². The average Bonchev–Trinajstić information content (AvgIpc) is 3.08. The van der Waals surface area contributed by atoms with Crippen LogP contribution < -0.4 is 0 Å². The van der Waals surface area contributed by atoms with E-state index in [-0.39, 0.29) is 11.5 Å². The van der Waals surface area contributed by atoms with E-state index >= 15 is 0 Å². The van der Waals surface area contributed by atoms with Gasteiger partial charge in [-0.2, -0.15) is 0 Å². The van der Waals surface area contributed by atoms with E-state index in [1.165, 1.54) is 25.7 Å². The lowest BCUT2D eigenvalue weighted by molar-refractivity contribution is -0.150. The maximum atomic E-state index is 12.6. The Bertz CT molecular complexity index is 688. The molecule has 3 aliphatic rings. The maximum Gasteiger partial charge on any atom is 0.242 e. The molecule has 3 heterocycles. The van der Waals surface area contributed by atoms with Crippen molar-refractivity contribution in [3.8, 4) is 0 Å². The molecule has 0 bridgehead atoms. The van der Waals surface area contributed by atoms with Crippen molar-refractivity contribution < 1.29 is 9.53 Å². The van der Waals surface area contributed by atoms with Crippen molar-refractivity contribution >= 4 is 5.91 Å². The average molecular weight is 373 g/mol. The molecule has 6 heteroatoms. The van der Waals surface area contributed by atoms with Crippen LogP contribution in [-0.4, -0.2) is 70.2 Å². The van der Waals surface area contributed by atoms with Gasteiger partial charge in [-0.1, -0.05) is 11.6 Å². The summed E-state index contributed by atoms with van der Waals surface area (Å²) in [7, 11) is 0. The van der Waals surface area contributed by atoms with Crippen LogP contribution in [0.5, 0.6) is 0 Å². The Morgan fingerprint density at radius 1 is 1.26 bits per heavy atom. The van der Waals surface area contributed by atoms with Crippen molar-refractivity contribution in [1.29, 1.82) is 0 Å². The first-order valence-corrected chi connectivity index (χ1v) is 10.4. The Balaban J connectivity index is 1.30. The molecule has 0 atom stereocenters. The third-order valence-corrected chi connectivity index (χ3v) is 6.40. The minimum absolute atomic E-state index is 0.0603. The molecule has 0 aromatic carbocycles. The lowest BCUT2D eigenvalue weighted by Gasteiger charge is -2.47. The second-order valence-corrected chi connectivity index (χ2v) is 8.33. The van der Waals surface area contributed by atoms with Gasteiger partial charge >= 0.3 is 0 Å². The largest absolute Gasteiger partial charge is 0.372 e. The molecule has 1 aliphatic carbocycles. The van der Waals surface area contributed by atoms with Crippen LogP contribution in [0.3, 0.4) is 0 Å². The van der Waals surface area contributed by atoms with Gasteiger partial charge in [-0.15, -0.1) is 0 Å². The number of allylic oxidation sites excluding steroid dienone is 1. The number of rotatable bonds is 4. The second kappa shape index (κ2) is 8.15. The zero-order valence-electron chi connectivity index (χ0n) is 16.5. The van der Waals surface area contributed by atoms with Crippen LogP contribution in [0.4, 0.5) is 0 Å². The van der Waals surface area contributed by atoms with Crippen LogP contribution in [0.25, 0.3) is 0 Å². The van der Waals surface area contributed by atoms with Crippen molar-refractivity contribution in [3.63, 3.8) is 0 Å². The van der Waals surface area contributed by atoms with Crippen LogP contribution in [0, 0.1) is 6.92 Å². The summed E-state index contributed by atoms with van der Waals surface area (Å²) in [6.45, 7) is 7.87. The molecule has 27 heavy (non-hydrogen) atoms. The minimum Gasteiger partial charge on any atom is -0.372 e. The Morgan fingerprint density at radius 3 is 2.81 bits per heavy atom. The molecule has 2 fully saturated rings. The number of aryl methyl sites for hydroxylation is 1. The summed E-state index contributed by atoms with van der Waals surface area (Å²) >= 11 is 0. The predicted octanol–water partition coefficient (Wildman–Crippen LogP) is 2.39. The van der Waals surface area contributed by atoms with E-state index in [0.29, 0.717) is 6.54 Å². The Hall–Kier alpha value is -1.66. The molecule has 4 rings (SSSR count). The molecule has 1 amide bonds. The van der Waals surface area contributed by atoms with Crippen LogP contribution in [0.2, 0.25) is 0 Å². The van der Waals surface area contributed by atoms with Gasteiger partial charge in [0.15, 0.2) is 0 Å². The van der Waals surface area contributed by atoms with Gasteiger partial charge in [-0.05, 0) is 45.4 Å². The van der Waals surface area contributed by atoms with Crippen molar-refractivity contribution in [2.24, 2.45) is 0 Å². The fourth-order valence-corrected chi connectivity index (χ4v) is 4.68. The normalized spacial score (nSPS) is 23.4. The topological polar surface area (TPSA) is 50.6 Å². The zero-order chi connectivity index (χ0) is 18.7. The van der Waals surface area contributed by atoms with E-state index in [0.717, 1.165) is 58.0 Å². The summed E-state index contributed by atoms with van der Waals surface area (Å²) in [5.74, 6) is 1.08. The van der Waals surface area contributed by atoms with E-state index < -0.39 is 0 Å². The summed E-state index contributed by atoms with van der Waals surface area (Å²) in [5, 5.41) is 0. The fraction of sp³-hybridized carbons (Fsp3) is 0.714. The highest BCUT2D eigenvalue weighted by Gasteiger charge is 2.40. The molecule has 0 saturated carbocycles. The smallest absolute Gasteiger partial charge is 0.242 e. The predicted molar refractivity (Wildman–Crippen MR) is 104 cm³/mol. The molecule has 1 aromatic heterocycles. The van der Waals surface area contributed by atoms with Crippen LogP contribution in [0.15, 0.2) is 24.0 Å². The molecule has 2 aliphatic heterocycles. The first kappa shape index (κ1) is 18.7. The molecular weight excluding hydrogens is 340 g/mol. The molecule has 0 unspecified atom stereocenters. The van der Waals surface area contributed by atoms with Gasteiger partial charge in [0.1, 0.15) is 12.4 Å². The molecule has 0 N–H and O–H groups in total. The van der Waals surface area contributed by atoms with Crippen molar-refractivity contribution in [2.45, 2.75) is 57.6 Å². The highest BCUT2D eigenvalue weighted by atomic mass is 16.5. The number of ether oxygens (including phenoxy) is 1. The number of piperidine rings is 1. The second-order valence-electron chi connectivity index (χ2n) is 8.33. The van der Waals surface area contributed by atoms with E-state index in [2.05, 4.69) is 16.0 Å². The fourth-order valence-electron chi connectivity index (χ4n) is 4.68. The minimum atomic E-state index is -0.0603. The summed E-state index contributed by atoms with van der Waals surface area (Å²) in [6.07, 6.45) is 13.2. The Kier molecular flexibility index (Phi) is 5.64. The maximum absolute atomic E-state index is 12.6. The third-order valence-electron chi connectivity index (χ3n) is 6.40. The van der Waals surface area contributed by atoms with Crippen LogP contribution >= 0.6 is 0 Å². The summed E-state index contributed by atoms with van der Waals surface area (Å²) in [5.41, 5.74) is 1.55. The molecule has 0 radical (unpaired) electrons. The molecular formula is C21H32N4O2. The SMILES string of the molecule is Cc1nccn1CC(=O)N1CCC2(CC1)CN(CC1=CCCCC1)CCO2. The number of carbonyl (C=O) groups excluding carboxylic acids is 1. The molecule has 1 aromatic rings. The standard InChI is InChI=1S/C21H32N4O2/c1-18-22-9-12-25(18)16-20(26)24-10-7-21(8-11-24)17-23(13-14-27-21)15-19-5-3-2-4-6-19/h5,9,12H,2-4,6-8,10-11,13-17H2,1H3. The first-order valence-electron chi connectivity index (χ1n) is 10.4. The molecule has 2 saturated heterocycles. The summed E-state index contributed by atoms with van der Waals surface area (Å²) in [6, 6.07) is 0. The van der Waals surface area contributed by atoms with Gasteiger partial charge in [-0.25, -0.2) is 4.98 Å². The number of amides is 1. The highest BCUT2D eigenvalue weighted by Crippen LogP contribution is 2.31. The lowest BCUT2D eigenvalue weighted by atomic mass is 9.88. The summed E-state index contributed by atoms with van der Waals surface area (Å²) < 4.78 is 8.18. The van der Waals surface area contributed by atoms with E-state index in [9.17, 15) is 4.79 Å². The first-order chi connectivity index (χ1) is 13.1. The lowest BCUT2D eigenvalue weighted by Crippen LogP contribution is -2.58. The van der Waals surface area contributed by atoms with E-state index in [4.69, 9.17) is 4.74 Å². The number of aromatic nitrogens is 2. The number of hydrogen-bond donors (Lipinski definition) is 0. The Morgan fingerprint density at radius 2 is 2.11 bits per heavy atom. The number of nitrogens with zero attached hydrogens (tertiary/aromatic N) is 4. The van der Waals surface area contributed by atoms with Gasteiger partial charge in [0.05, 0.1) is 12.2 Å². The van der Waals surface area contributed by atoms with E-state index in [1.54, 1.807) is 11.8 Å². The van der Waals surface area contributed by atoms with Crippen molar-refractivity contribution in [1.82, 2.24) is 19.4 Å². The number of morpholine rings is 1. The number of hydrogen-bond acceptors (Lipinski definition) is 4. The third kappa shape index (κ3) is 4.43. The van der Waals surface area contributed by atoms with Crippen LogP contribution in [-0.2, 0) is 16.1 Å². The van der Waals surface area contributed by atoms with Crippen LogP contribution in [0.1, 0.15) is 44.3 Å². The molecule has 148 valence electrons. The molecule has 1 spiro atoms. The zero-order valence-corrected chi connectivity index (χ0v) is 16.5. The number of imidazole rings is 1. The Labute approximate surface area is 162 Å². The van der Waals surface area contributed by atoms with Gasteiger partial charge in [-0.3, -0.25) is 9.69 Å². The number of likely N-dealkylation sites (tertiary alicyclic amines) is 1. The summed E-state index contributed by atoms with van der Waals surface area (Å²) in [4.78, 5) is 21.4. The van der Waals surface area contributed by atoms with Crippen molar-refractivity contribution in [2.75, 3.05) is 39.3 Å². The quantitative estimate of drug-likeness (QED) is 0.762. The number of carbonyl (C=O) groups is 1.